The number of aliphatic hydroxyl groups is 1. The number of nitrogens with zero attached hydrogens (tertiary/aromatic N) is 1. The van der Waals surface area contributed by atoms with Gasteiger partial charge in [-0.05, 0) is 87.3 Å². The molecule has 0 unspecified atom stereocenters. The van der Waals surface area contributed by atoms with E-state index < -0.39 is 17.8 Å². The van der Waals surface area contributed by atoms with E-state index in [0.29, 0.717) is 28.4 Å². The zero-order valence-electron chi connectivity index (χ0n) is 18.5. The molecule has 0 amide bonds. The fourth-order valence-corrected chi connectivity index (χ4v) is 5.95. The lowest BCUT2D eigenvalue weighted by atomic mass is 9.88. The molecule has 176 valence electrons. The van der Waals surface area contributed by atoms with Crippen molar-refractivity contribution in [1.29, 1.82) is 0 Å². The van der Waals surface area contributed by atoms with Gasteiger partial charge in [0, 0.05) is 28.0 Å². The predicted octanol–water partition coefficient (Wildman–Crippen LogP) is 5.94. The van der Waals surface area contributed by atoms with E-state index in [1.165, 1.54) is 23.1 Å². The van der Waals surface area contributed by atoms with Crippen LogP contribution in [0.1, 0.15) is 37.0 Å². The van der Waals surface area contributed by atoms with E-state index in [0.717, 1.165) is 31.4 Å². The standard InChI is InChI=1S/C24H30BrF3N2OS/c1-23(2,13-16-8-17-6-4-5-7-18(17)9-16)29-14-21(31)15-30(3)32-22-11-19(24(26,27)28)10-20(25)12-22/h4-7,10-12,16,21,29,31H,8-9,13-15H2,1-3H3/t21-/m1/s1. The fraction of sp³-hybridized carbons (Fsp3) is 0.500. The van der Waals surface area contributed by atoms with Crippen LogP contribution < -0.4 is 5.32 Å². The number of fused-ring (bicyclic) bond motifs is 1. The molecule has 0 heterocycles. The van der Waals surface area contributed by atoms with Crippen LogP contribution in [0.5, 0.6) is 0 Å². The van der Waals surface area contributed by atoms with Gasteiger partial charge in [0.25, 0.3) is 0 Å². The Hall–Kier alpha value is -1.06. The SMILES string of the molecule is CN(C[C@H](O)CNC(C)(C)CC1Cc2ccccc2C1)Sc1cc(Br)cc(C(F)(F)F)c1. The van der Waals surface area contributed by atoms with Gasteiger partial charge in [-0.3, -0.25) is 0 Å². The zero-order valence-corrected chi connectivity index (χ0v) is 20.9. The summed E-state index contributed by atoms with van der Waals surface area (Å²) in [6.07, 6.45) is -1.84. The smallest absolute Gasteiger partial charge is 0.390 e. The Bertz CT molecular complexity index is 897. The van der Waals surface area contributed by atoms with Crippen molar-refractivity contribution in [2.75, 3.05) is 20.1 Å². The lowest BCUT2D eigenvalue weighted by Crippen LogP contribution is -2.46. The van der Waals surface area contributed by atoms with E-state index in [1.54, 1.807) is 17.4 Å². The minimum Gasteiger partial charge on any atom is -0.390 e. The average molecular weight is 531 g/mol. The van der Waals surface area contributed by atoms with Crippen molar-refractivity contribution in [2.24, 2.45) is 5.92 Å². The number of nitrogens with one attached hydrogen (secondary N) is 1. The van der Waals surface area contributed by atoms with E-state index in [4.69, 9.17) is 0 Å². The van der Waals surface area contributed by atoms with Crippen LogP contribution >= 0.6 is 27.9 Å². The first-order valence-electron chi connectivity index (χ1n) is 10.7. The lowest BCUT2D eigenvalue weighted by Gasteiger charge is -2.31. The van der Waals surface area contributed by atoms with Crippen molar-refractivity contribution in [3.05, 3.63) is 63.6 Å². The lowest BCUT2D eigenvalue weighted by molar-refractivity contribution is -0.137. The first-order valence-corrected chi connectivity index (χ1v) is 12.2. The molecule has 3 rings (SSSR count). The number of halogens is 4. The first-order chi connectivity index (χ1) is 14.9. The van der Waals surface area contributed by atoms with Gasteiger partial charge in [-0.1, -0.05) is 40.2 Å². The van der Waals surface area contributed by atoms with Gasteiger partial charge in [0.1, 0.15) is 0 Å². The maximum atomic E-state index is 13.0. The number of rotatable bonds is 9. The highest BCUT2D eigenvalue weighted by molar-refractivity contribution is 9.10. The second-order valence-electron chi connectivity index (χ2n) is 9.24. The molecule has 2 aromatic carbocycles. The molecule has 2 aromatic rings. The van der Waals surface area contributed by atoms with Gasteiger partial charge >= 0.3 is 6.18 Å². The summed E-state index contributed by atoms with van der Waals surface area (Å²) in [4.78, 5) is 0.468. The zero-order chi connectivity index (χ0) is 23.5. The molecule has 32 heavy (non-hydrogen) atoms. The summed E-state index contributed by atoms with van der Waals surface area (Å²) < 4.78 is 41.3. The van der Waals surface area contributed by atoms with Crippen molar-refractivity contribution >= 4 is 27.9 Å². The molecule has 0 saturated heterocycles. The summed E-state index contributed by atoms with van der Waals surface area (Å²) in [6.45, 7) is 5.06. The van der Waals surface area contributed by atoms with Gasteiger partial charge < -0.3 is 10.4 Å². The van der Waals surface area contributed by atoms with Crippen LogP contribution in [0, 0.1) is 5.92 Å². The van der Waals surface area contributed by atoms with Crippen molar-refractivity contribution in [1.82, 2.24) is 9.62 Å². The Morgan fingerprint density at radius 1 is 1.16 bits per heavy atom. The Kier molecular flexibility index (Phi) is 8.36. The fourth-order valence-electron chi connectivity index (χ4n) is 4.34. The second kappa shape index (κ2) is 10.5. The highest BCUT2D eigenvalue weighted by Gasteiger charge is 2.31. The molecule has 0 spiro atoms. The molecule has 3 nitrogen and oxygen atoms in total. The number of benzene rings is 2. The third-order valence-electron chi connectivity index (χ3n) is 5.68. The average Bonchev–Trinajstić information content (AvgIpc) is 3.06. The maximum Gasteiger partial charge on any atom is 0.416 e. The molecule has 8 heteroatoms. The van der Waals surface area contributed by atoms with Crippen LogP contribution in [0.15, 0.2) is 51.8 Å². The predicted molar refractivity (Wildman–Crippen MR) is 128 cm³/mol. The van der Waals surface area contributed by atoms with E-state index in [9.17, 15) is 18.3 Å². The summed E-state index contributed by atoms with van der Waals surface area (Å²) >= 11 is 4.33. The highest BCUT2D eigenvalue weighted by atomic mass is 79.9. The van der Waals surface area contributed by atoms with Crippen molar-refractivity contribution < 1.29 is 18.3 Å². The largest absolute Gasteiger partial charge is 0.416 e. The number of aliphatic hydroxyl groups excluding tert-OH is 1. The van der Waals surface area contributed by atoms with Gasteiger partial charge in [-0.15, -0.1) is 0 Å². The molecule has 1 aliphatic rings. The molecular formula is C24H30BrF3N2OS. The van der Waals surface area contributed by atoms with Crippen LogP contribution in [0.3, 0.4) is 0 Å². The summed E-state index contributed by atoms with van der Waals surface area (Å²) in [5.74, 6) is 0.588. The van der Waals surface area contributed by atoms with Crippen LogP contribution in [-0.2, 0) is 19.0 Å². The Balaban J connectivity index is 1.46. The van der Waals surface area contributed by atoms with Gasteiger partial charge in [0.15, 0.2) is 0 Å². The normalized spacial score (nSPS) is 15.9. The van der Waals surface area contributed by atoms with Crippen molar-refractivity contribution in [3.8, 4) is 0 Å². The summed E-state index contributed by atoms with van der Waals surface area (Å²) in [5, 5.41) is 14.0. The molecule has 0 aromatic heterocycles. The van der Waals surface area contributed by atoms with Crippen molar-refractivity contribution in [2.45, 2.75) is 55.8 Å². The molecule has 0 aliphatic heterocycles. The maximum absolute atomic E-state index is 13.0. The number of likely N-dealkylation sites (N-methyl/N-ethyl adjacent to an activating group) is 1. The van der Waals surface area contributed by atoms with Crippen LogP contribution in [0.25, 0.3) is 0 Å². The third-order valence-corrected chi connectivity index (χ3v) is 7.04. The Morgan fingerprint density at radius 3 is 2.38 bits per heavy atom. The molecular weight excluding hydrogens is 501 g/mol. The van der Waals surface area contributed by atoms with Gasteiger partial charge in [-0.25, -0.2) is 4.31 Å². The highest BCUT2D eigenvalue weighted by Crippen LogP contribution is 2.35. The third kappa shape index (κ3) is 7.48. The summed E-state index contributed by atoms with van der Waals surface area (Å²) in [6, 6.07) is 12.4. The molecule has 1 atom stereocenters. The van der Waals surface area contributed by atoms with E-state index in [1.807, 2.05) is 0 Å². The molecule has 0 saturated carbocycles. The second-order valence-corrected chi connectivity index (χ2v) is 11.4. The number of hydrogen-bond donors (Lipinski definition) is 2. The Morgan fingerprint density at radius 2 is 1.78 bits per heavy atom. The van der Waals surface area contributed by atoms with Crippen LogP contribution in [-0.4, -0.2) is 41.2 Å². The minimum atomic E-state index is -4.40. The van der Waals surface area contributed by atoms with Gasteiger partial charge in [0.05, 0.1) is 11.7 Å². The monoisotopic (exact) mass is 530 g/mol. The molecule has 2 N–H and O–H groups in total. The number of alkyl halides is 3. The van der Waals surface area contributed by atoms with Crippen LogP contribution in [0.2, 0.25) is 0 Å². The van der Waals surface area contributed by atoms with Gasteiger partial charge in [0.2, 0.25) is 0 Å². The minimum absolute atomic E-state index is 0.120. The first kappa shape index (κ1) is 25.6. The molecule has 0 fully saturated rings. The Labute approximate surface area is 201 Å². The van der Waals surface area contributed by atoms with Gasteiger partial charge in [-0.2, -0.15) is 13.2 Å². The topological polar surface area (TPSA) is 35.5 Å². The molecule has 0 bridgehead atoms. The van der Waals surface area contributed by atoms with E-state index >= 15 is 0 Å². The molecule has 0 radical (unpaired) electrons. The molecule has 1 aliphatic carbocycles. The summed E-state index contributed by atoms with van der Waals surface area (Å²) in [5.41, 5.74) is 2.06. The quantitative estimate of drug-likeness (QED) is 0.393. The number of β-amino-alcohol motifs (C(OH)–C–C–N with tert-alkyl or cyclic N) is 1. The van der Waals surface area contributed by atoms with Crippen LogP contribution in [0.4, 0.5) is 13.2 Å². The summed E-state index contributed by atoms with van der Waals surface area (Å²) in [7, 11) is 1.77. The van der Waals surface area contributed by atoms with Crippen molar-refractivity contribution in [3.63, 3.8) is 0 Å². The van der Waals surface area contributed by atoms with E-state index in [-0.39, 0.29) is 5.54 Å². The number of hydrogen-bond acceptors (Lipinski definition) is 4. The van der Waals surface area contributed by atoms with E-state index in [2.05, 4.69) is 59.4 Å².